The summed E-state index contributed by atoms with van der Waals surface area (Å²) in [6.45, 7) is 0. The Morgan fingerprint density at radius 1 is 0.442 bits per heavy atom. The first-order valence-corrected chi connectivity index (χ1v) is 18.2. The molecular weight excluding hydrogens is 629 g/mol. The zero-order valence-electron chi connectivity index (χ0n) is 28.8. The fourth-order valence-electron chi connectivity index (χ4n) is 8.12. The number of hydrogen-bond donors (Lipinski definition) is 0. The zero-order valence-corrected chi connectivity index (χ0v) is 28.8. The van der Waals surface area contributed by atoms with E-state index in [0.717, 1.165) is 29.9 Å². The van der Waals surface area contributed by atoms with E-state index in [1.165, 1.54) is 71.3 Å². The average Bonchev–Trinajstić information content (AvgIpc) is 3.54. The third kappa shape index (κ3) is 5.20. The number of benzene rings is 8. The zero-order chi connectivity index (χ0) is 34.4. The molecule has 0 unspecified atom stereocenters. The fraction of sp³-hybridized carbons (Fsp3) is 0.0400. The first-order chi connectivity index (χ1) is 25.8. The Morgan fingerprint density at radius 2 is 1.08 bits per heavy atom. The predicted molar refractivity (Wildman–Crippen MR) is 222 cm³/mol. The number of anilines is 2. The van der Waals surface area contributed by atoms with Crippen LogP contribution in [-0.2, 0) is 0 Å². The molecule has 8 aromatic carbocycles. The van der Waals surface area contributed by atoms with E-state index in [0.29, 0.717) is 0 Å². The van der Waals surface area contributed by atoms with E-state index in [9.17, 15) is 0 Å². The number of hydrogen-bond acceptors (Lipinski definition) is 1. The summed E-state index contributed by atoms with van der Waals surface area (Å²) in [5.41, 5.74) is 12.2. The van der Waals surface area contributed by atoms with Crippen LogP contribution >= 0.6 is 0 Å². The van der Waals surface area contributed by atoms with Crippen LogP contribution in [0.2, 0.25) is 0 Å². The van der Waals surface area contributed by atoms with Crippen LogP contribution < -0.4 is 4.90 Å². The highest BCUT2D eigenvalue weighted by Crippen LogP contribution is 2.39. The van der Waals surface area contributed by atoms with Crippen LogP contribution in [0.1, 0.15) is 18.4 Å². The lowest BCUT2D eigenvalue weighted by Crippen LogP contribution is -2.17. The summed E-state index contributed by atoms with van der Waals surface area (Å²) in [5, 5.41) is 7.59. The van der Waals surface area contributed by atoms with Crippen LogP contribution in [0.15, 0.2) is 200 Å². The summed E-state index contributed by atoms with van der Waals surface area (Å²) in [5.74, 6) is 0. The molecule has 1 aromatic heterocycles. The van der Waals surface area contributed by atoms with Gasteiger partial charge in [0.05, 0.1) is 11.0 Å². The number of allylic oxidation sites excluding steroid dienone is 3. The summed E-state index contributed by atoms with van der Waals surface area (Å²) in [7, 11) is 0. The van der Waals surface area contributed by atoms with E-state index in [-0.39, 0.29) is 0 Å². The van der Waals surface area contributed by atoms with Crippen molar-refractivity contribution in [1.82, 2.24) is 4.57 Å². The molecule has 52 heavy (non-hydrogen) atoms. The van der Waals surface area contributed by atoms with Gasteiger partial charge >= 0.3 is 0 Å². The lowest BCUT2D eigenvalue weighted by molar-refractivity contribution is 1.01. The van der Waals surface area contributed by atoms with Crippen molar-refractivity contribution in [3.8, 4) is 16.8 Å². The maximum atomic E-state index is 2.41. The molecule has 0 saturated heterocycles. The van der Waals surface area contributed by atoms with Gasteiger partial charge in [-0.3, -0.25) is 0 Å². The molecule has 1 aliphatic rings. The van der Waals surface area contributed by atoms with Gasteiger partial charge in [-0.05, 0) is 117 Å². The molecule has 1 heterocycles. The summed E-state index contributed by atoms with van der Waals surface area (Å²) >= 11 is 0. The fourth-order valence-corrected chi connectivity index (χ4v) is 8.12. The molecule has 1 aliphatic carbocycles. The molecule has 2 nitrogen and oxygen atoms in total. The molecule has 0 atom stereocenters. The van der Waals surface area contributed by atoms with Gasteiger partial charge in [0.25, 0.3) is 0 Å². The summed E-state index contributed by atoms with van der Waals surface area (Å²) in [4.78, 5) is 2.41. The number of rotatable bonds is 6. The minimum atomic E-state index is 0.994. The second kappa shape index (κ2) is 12.6. The molecule has 0 fully saturated rings. The van der Waals surface area contributed by atoms with Crippen LogP contribution in [0.4, 0.5) is 11.4 Å². The van der Waals surface area contributed by atoms with Gasteiger partial charge in [0, 0.05) is 33.5 Å². The topological polar surface area (TPSA) is 8.17 Å². The molecule has 0 bridgehead atoms. The van der Waals surface area contributed by atoms with Gasteiger partial charge in [-0.15, -0.1) is 0 Å². The normalized spacial score (nSPS) is 13.1. The van der Waals surface area contributed by atoms with E-state index in [1.807, 2.05) is 0 Å². The summed E-state index contributed by atoms with van der Waals surface area (Å²) in [6, 6.07) is 66.3. The predicted octanol–water partition coefficient (Wildman–Crippen LogP) is 13.7. The molecule has 0 amide bonds. The van der Waals surface area contributed by atoms with Gasteiger partial charge < -0.3 is 9.47 Å². The highest BCUT2D eigenvalue weighted by atomic mass is 15.1. The van der Waals surface area contributed by atoms with Gasteiger partial charge in [-0.25, -0.2) is 0 Å². The van der Waals surface area contributed by atoms with E-state index in [4.69, 9.17) is 0 Å². The van der Waals surface area contributed by atoms with E-state index >= 15 is 0 Å². The summed E-state index contributed by atoms with van der Waals surface area (Å²) < 4.78 is 2.41. The van der Waals surface area contributed by atoms with Gasteiger partial charge in [-0.2, -0.15) is 0 Å². The smallest absolute Gasteiger partial charge is 0.0547 e. The van der Waals surface area contributed by atoms with E-state index < -0.39 is 0 Å². The number of aromatic nitrogens is 1. The Morgan fingerprint density at radius 3 is 1.87 bits per heavy atom. The molecule has 0 saturated carbocycles. The molecule has 0 radical (unpaired) electrons. The van der Waals surface area contributed by atoms with Crippen molar-refractivity contribution in [1.29, 1.82) is 0 Å². The molecule has 0 aliphatic heterocycles. The van der Waals surface area contributed by atoms with Crippen LogP contribution in [-0.4, -0.2) is 4.57 Å². The van der Waals surface area contributed by atoms with Crippen molar-refractivity contribution < 1.29 is 0 Å². The van der Waals surface area contributed by atoms with Crippen LogP contribution in [0.5, 0.6) is 0 Å². The Hall–Kier alpha value is -6.64. The molecule has 9 aromatic rings. The molecule has 0 spiro atoms. The lowest BCUT2D eigenvalue weighted by Gasteiger charge is -2.29. The van der Waals surface area contributed by atoms with Gasteiger partial charge in [0.1, 0.15) is 0 Å². The van der Waals surface area contributed by atoms with Crippen molar-refractivity contribution in [2.24, 2.45) is 0 Å². The first kappa shape index (κ1) is 30.2. The van der Waals surface area contributed by atoms with Gasteiger partial charge in [0.15, 0.2) is 0 Å². The molecule has 0 N–H and O–H groups in total. The monoisotopic (exact) mass is 664 g/mol. The third-order valence-electron chi connectivity index (χ3n) is 10.6. The second-order valence-electron chi connectivity index (χ2n) is 13.7. The largest absolute Gasteiger partial charge is 0.311 e. The Kier molecular flexibility index (Phi) is 7.32. The molecule has 10 rings (SSSR count). The maximum absolute atomic E-state index is 2.41. The lowest BCUT2D eigenvalue weighted by atomic mass is 9.95. The molecule has 246 valence electrons. The van der Waals surface area contributed by atoms with E-state index in [1.54, 1.807) is 0 Å². The quantitative estimate of drug-likeness (QED) is 0.172. The van der Waals surface area contributed by atoms with E-state index in [2.05, 4.69) is 204 Å². The average molecular weight is 665 g/mol. The summed E-state index contributed by atoms with van der Waals surface area (Å²) in [6.07, 6.45) is 6.79. The van der Waals surface area contributed by atoms with Crippen molar-refractivity contribution in [2.75, 3.05) is 4.90 Å². The van der Waals surface area contributed by atoms with Crippen LogP contribution in [0, 0.1) is 0 Å². The van der Waals surface area contributed by atoms with Gasteiger partial charge in [-0.1, -0.05) is 133 Å². The number of para-hydroxylation sites is 1. The van der Waals surface area contributed by atoms with Gasteiger partial charge in [0.2, 0.25) is 0 Å². The minimum Gasteiger partial charge on any atom is -0.311 e. The van der Waals surface area contributed by atoms with Crippen molar-refractivity contribution in [3.63, 3.8) is 0 Å². The van der Waals surface area contributed by atoms with Crippen LogP contribution in [0.3, 0.4) is 0 Å². The van der Waals surface area contributed by atoms with Crippen molar-refractivity contribution in [3.05, 3.63) is 205 Å². The highest BCUT2D eigenvalue weighted by molar-refractivity contribution is 6.13. The highest BCUT2D eigenvalue weighted by Gasteiger charge is 2.19. The third-order valence-corrected chi connectivity index (χ3v) is 10.6. The maximum Gasteiger partial charge on any atom is 0.0547 e. The molecule has 2 heteroatoms. The molecular formula is C50H36N2. The number of nitrogens with zero attached hydrogens (tertiary/aromatic N) is 2. The van der Waals surface area contributed by atoms with Crippen molar-refractivity contribution in [2.45, 2.75) is 12.8 Å². The SMILES string of the molecule is C1=C(c2ccccc2)CCC=C1N(c1ccc(-c2cccc3ccccc23)cc1)c1ccc(-n2c3ccccc3c3cc4ccccc4cc32)cc1. The first-order valence-electron chi connectivity index (χ1n) is 18.2. The Balaban J connectivity index is 1.09. The minimum absolute atomic E-state index is 0.994. The standard InChI is InChI=1S/C50H36N2/c1-2-12-35(13-3-1)38-18-10-19-44(32-38)51(41-26-24-37(25-27-41)46-22-11-17-36-14-6-7-20-45(36)46)42-28-30-43(31-29-42)52-49-23-9-8-21-47(49)48-33-39-15-4-5-16-40(39)34-50(48)52/h1-9,11-17,19-34H,10,18H2. The Bertz CT molecular complexity index is 2810. The number of fused-ring (bicyclic) bond motifs is 5. The Labute approximate surface area is 303 Å². The van der Waals surface area contributed by atoms with Crippen molar-refractivity contribution >= 4 is 60.3 Å². The van der Waals surface area contributed by atoms with Crippen LogP contribution in [0.25, 0.3) is 65.7 Å². The second-order valence-corrected chi connectivity index (χ2v) is 13.7.